The van der Waals surface area contributed by atoms with Gasteiger partial charge in [-0.25, -0.2) is 4.79 Å². The second kappa shape index (κ2) is 5.80. The van der Waals surface area contributed by atoms with Crippen LogP contribution >= 0.6 is 23.2 Å². The standard InChI is InChI=1S/C13H15Cl2NO3/c1-4-16(8(2)17)13(3,12(18)19)9-6-5-7-10(14)11(9)15/h5-7H,4H2,1-3H3,(H,18,19). The third kappa shape index (κ3) is 2.69. The Hall–Kier alpha value is -1.26. The predicted octanol–water partition coefficient (Wildman–Crippen LogP) is 3.16. The van der Waals surface area contributed by atoms with Crippen LogP contribution in [0.15, 0.2) is 18.2 Å². The van der Waals surface area contributed by atoms with Crippen molar-refractivity contribution >= 4 is 35.1 Å². The molecule has 0 spiro atoms. The van der Waals surface area contributed by atoms with E-state index in [1.165, 1.54) is 18.7 Å². The van der Waals surface area contributed by atoms with Crippen molar-refractivity contribution in [1.82, 2.24) is 4.90 Å². The molecule has 1 N–H and O–H groups in total. The molecule has 1 amide bonds. The zero-order valence-corrected chi connectivity index (χ0v) is 12.4. The van der Waals surface area contributed by atoms with Gasteiger partial charge in [0.25, 0.3) is 0 Å². The van der Waals surface area contributed by atoms with E-state index in [2.05, 4.69) is 0 Å². The van der Waals surface area contributed by atoms with Crippen LogP contribution < -0.4 is 0 Å². The van der Waals surface area contributed by atoms with Gasteiger partial charge in [-0.1, -0.05) is 35.3 Å². The molecule has 0 saturated heterocycles. The molecule has 1 rings (SSSR count). The van der Waals surface area contributed by atoms with Crippen molar-refractivity contribution in [2.75, 3.05) is 6.54 Å². The van der Waals surface area contributed by atoms with Crippen molar-refractivity contribution in [3.63, 3.8) is 0 Å². The van der Waals surface area contributed by atoms with E-state index in [0.29, 0.717) is 5.56 Å². The van der Waals surface area contributed by atoms with Gasteiger partial charge >= 0.3 is 5.97 Å². The summed E-state index contributed by atoms with van der Waals surface area (Å²) >= 11 is 12.0. The monoisotopic (exact) mass is 303 g/mol. The highest BCUT2D eigenvalue weighted by Gasteiger charge is 2.44. The molecule has 4 nitrogen and oxygen atoms in total. The van der Waals surface area contributed by atoms with Gasteiger partial charge in [0, 0.05) is 19.0 Å². The molecule has 0 bridgehead atoms. The molecule has 1 unspecified atom stereocenters. The van der Waals surface area contributed by atoms with E-state index in [1.807, 2.05) is 0 Å². The highest BCUT2D eigenvalue weighted by atomic mass is 35.5. The van der Waals surface area contributed by atoms with E-state index in [1.54, 1.807) is 25.1 Å². The van der Waals surface area contributed by atoms with E-state index in [4.69, 9.17) is 23.2 Å². The maximum atomic E-state index is 11.7. The zero-order chi connectivity index (χ0) is 14.8. The molecular formula is C13H15Cl2NO3. The van der Waals surface area contributed by atoms with Crippen molar-refractivity contribution < 1.29 is 14.7 Å². The van der Waals surface area contributed by atoms with Crippen molar-refractivity contribution in [1.29, 1.82) is 0 Å². The molecule has 0 aliphatic rings. The summed E-state index contributed by atoms with van der Waals surface area (Å²) in [6, 6.07) is 4.74. The Morgan fingerprint density at radius 1 is 1.37 bits per heavy atom. The van der Waals surface area contributed by atoms with E-state index >= 15 is 0 Å². The lowest BCUT2D eigenvalue weighted by atomic mass is 9.89. The number of carbonyl (C=O) groups is 2. The first-order valence-electron chi connectivity index (χ1n) is 5.72. The number of aliphatic carboxylic acids is 1. The van der Waals surface area contributed by atoms with Gasteiger partial charge in [0.15, 0.2) is 5.54 Å². The minimum atomic E-state index is -1.55. The Morgan fingerprint density at radius 2 is 1.95 bits per heavy atom. The average molecular weight is 304 g/mol. The molecule has 0 saturated carbocycles. The highest BCUT2D eigenvalue weighted by molar-refractivity contribution is 6.42. The lowest BCUT2D eigenvalue weighted by Gasteiger charge is -2.37. The molecule has 0 fully saturated rings. The number of carboxylic acids is 1. The molecule has 0 aliphatic heterocycles. The highest BCUT2D eigenvalue weighted by Crippen LogP contribution is 2.37. The second-order valence-corrected chi connectivity index (χ2v) is 5.03. The number of nitrogens with zero attached hydrogens (tertiary/aromatic N) is 1. The van der Waals surface area contributed by atoms with Crippen LogP contribution in [-0.2, 0) is 15.1 Å². The van der Waals surface area contributed by atoms with Crippen molar-refractivity contribution in [2.45, 2.75) is 26.3 Å². The molecule has 0 aromatic heterocycles. The van der Waals surface area contributed by atoms with Gasteiger partial charge in [-0.05, 0) is 19.9 Å². The van der Waals surface area contributed by atoms with E-state index in [-0.39, 0.29) is 22.5 Å². The number of benzene rings is 1. The Kier molecular flexibility index (Phi) is 4.82. The molecule has 1 aromatic carbocycles. The molecule has 0 heterocycles. The minimum Gasteiger partial charge on any atom is -0.479 e. The van der Waals surface area contributed by atoms with Crippen LogP contribution in [0.4, 0.5) is 0 Å². The van der Waals surface area contributed by atoms with Gasteiger partial charge in [0.05, 0.1) is 10.0 Å². The van der Waals surface area contributed by atoms with Crippen LogP contribution in [0, 0.1) is 0 Å². The summed E-state index contributed by atoms with van der Waals surface area (Å²) < 4.78 is 0. The fraction of sp³-hybridized carbons (Fsp3) is 0.385. The first kappa shape index (κ1) is 15.8. The largest absolute Gasteiger partial charge is 0.479 e. The van der Waals surface area contributed by atoms with Gasteiger partial charge in [0.2, 0.25) is 5.91 Å². The van der Waals surface area contributed by atoms with Crippen molar-refractivity contribution in [2.24, 2.45) is 0 Å². The smallest absolute Gasteiger partial charge is 0.334 e. The second-order valence-electron chi connectivity index (χ2n) is 4.24. The summed E-state index contributed by atoms with van der Waals surface area (Å²) in [7, 11) is 0. The number of carbonyl (C=O) groups excluding carboxylic acids is 1. The van der Waals surface area contributed by atoms with Crippen LogP contribution in [0.25, 0.3) is 0 Å². The third-order valence-corrected chi connectivity index (χ3v) is 3.95. The normalized spacial score (nSPS) is 13.7. The Balaban J connectivity index is 3.54. The molecule has 0 aliphatic carbocycles. The molecule has 1 aromatic rings. The number of hydrogen-bond donors (Lipinski definition) is 1. The number of likely N-dealkylation sites (N-methyl/N-ethyl adjacent to an activating group) is 1. The van der Waals surface area contributed by atoms with Crippen LogP contribution in [-0.4, -0.2) is 28.4 Å². The molecule has 0 radical (unpaired) electrons. The lowest BCUT2D eigenvalue weighted by Crippen LogP contribution is -2.52. The lowest BCUT2D eigenvalue weighted by molar-refractivity contribution is -0.158. The molecular weight excluding hydrogens is 289 g/mol. The van der Waals surface area contributed by atoms with Gasteiger partial charge in [-0.15, -0.1) is 0 Å². The SMILES string of the molecule is CCN(C(C)=O)C(C)(C(=O)O)c1cccc(Cl)c1Cl. The topological polar surface area (TPSA) is 57.6 Å². The number of hydrogen-bond acceptors (Lipinski definition) is 2. The number of halogens is 2. The van der Waals surface area contributed by atoms with Crippen LogP contribution in [0.2, 0.25) is 10.0 Å². The quantitative estimate of drug-likeness (QED) is 0.929. The number of amides is 1. The van der Waals surface area contributed by atoms with E-state index in [9.17, 15) is 14.7 Å². The molecule has 6 heteroatoms. The zero-order valence-electron chi connectivity index (χ0n) is 10.9. The number of rotatable bonds is 4. The minimum absolute atomic E-state index is 0.147. The first-order valence-corrected chi connectivity index (χ1v) is 6.48. The molecule has 104 valence electrons. The van der Waals surface area contributed by atoms with Gasteiger partial charge in [-0.2, -0.15) is 0 Å². The van der Waals surface area contributed by atoms with Crippen molar-refractivity contribution in [3.8, 4) is 0 Å². The summed E-state index contributed by atoms with van der Waals surface area (Å²) in [5.74, 6) is -1.50. The summed E-state index contributed by atoms with van der Waals surface area (Å²) in [6.07, 6.45) is 0. The van der Waals surface area contributed by atoms with Crippen molar-refractivity contribution in [3.05, 3.63) is 33.8 Å². The number of carboxylic acid groups (broad SMARTS) is 1. The van der Waals surface area contributed by atoms with Crippen LogP contribution in [0.3, 0.4) is 0 Å². The van der Waals surface area contributed by atoms with Gasteiger partial charge in [0.1, 0.15) is 0 Å². The predicted molar refractivity (Wildman–Crippen MR) is 74.5 cm³/mol. The summed E-state index contributed by atoms with van der Waals surface area (Å²) in [4.78, 5) is 24.6. The molecule has 1 atom stereocenters. The van der Waals surface area contributed by atoms with Crippen LogP contribution in [0.1, 0.15) is 26.3 Å². The van der Waals surface area contributed by atoms with E-state index < -0.39 is 11.5 Å². The van der Waals surface area contributed by atoms with Crippen LogP contribution in [0.5, 0.6) is 0 Å². The van der Waals surface area contributed by atoms with Gasteiger partial charge < -0.3 is 10.0 Å². The fourth-order valence-electron chi connectivity index (χ4n) is 2.11. The molecule has 19 heavy (non-hydrogen) atoms. The summed E-state index contributed by atoms with van der Waals surface area (Å²) in [6.45, 7) is 4.73. The Bertz CT molecular complexity index is 519. The van der Waals surface area contributed by atoms with E-state index in [0.717, 1.165) is 0 Å². The average Bonchev–Trinajstić information content (AvgIpc) is 2.32. The Labute approximate surface area is 121 Å². The summed E-state index contributed by atoms with van der Waals surface area (Å²) in [5, 5.41) is 9.96. The van der Waals surface area contributed by atoms with Gasteiger partial charge in [-0.3, -0.25) is 4.79 Å². The maximum Gasteiger partial charge on any atom is 0.334 e. The third-order valence-electron chi connectivity index (χ3n) is 3.13. The Morgan fingerprint density at radius 3 is 2.37 bits per heavy atom. The summed E-state index contributed by atoms with van der Waals surface area (Å²) in [5.41, 5.74) is -1.26. The maximum absolute atomic E-state index is 11.7. The first-order chi connectivity index (χ1) is 8.76. The fourth-order valence-corrected chi connectivity index (χ4v) is 2.59.